The number of nitrogens with one attached hydrogen (secondary N) is 1. The molecule has 0 bridgehead atoms. The number of ether oxygens (including phenoxy) is 1. The van der Waals surface area contributed by atoms with Gasteiger partial charge in [-0.15, -0.1) is 0 Å². The van der Waals surface area contributed by atoms with Gasteiger partial charge in [-0.3, -0.25) is 14.9 Å². The van der Waals surface area contributed by atoms with E-state index in [1.165, 1.54) is 25.2 Å². The summed E-state index contributed by atoms with van der Waals surface area (Å²) < 4.78 is 5.29. The van der Waals surface area contributed by atoms with E-state index in [2.05, 4.69) is 5.32 Å². The third kappa shape index (κ3) is 3.70. The Labute approximate surface area is 104 Å². The van der Waals surface area contributed by atoms with Crippen LogP contribution in [-0.2, 0) is 11.4 Å². The molecule has 0 saturated carbocycles. The van der Waals surface area contributed by atoms with Crippen LogP contribution in [0.5, 0.6) is 5.75 Å². The fraction of sp³-hybridized carbons (Fsp3) is 0.364. The lowest BCUT2D eigenvalue weighted by Crippen LogP contribution is -2.20. The molecule has 0 spiro atoms. The highest BCUT2D eigenvalue weighted by molar-refractivity contribution is 5.75. The number of non-ortho nitro benzene ring substituents is 1. The average molecular weight is 254 g/mol. The Balaban J connectivity index is 2.71. The summed E-state index contributed by atoms with van der Waals surface area (Å²) in [6.45, 7) is -0.221. The van der Waals surface area contributed by atoms with E-state index < -0.39 is 4.92 Å². The maximum atomic E-state index is 11.0. The smallest absolute Gasteiger partial charge is 0.270 e. The molecule has 7 heteroatoms. The zero-order valence-corrected chi connectivity index (χ0v) is 9.88. The van der Waals surface area contributed by atoms with Crippen LogP contribution in [-0.4, -0.2) is 29.6 Å². The lowest BCUT2D eigenvalue weighted by atomic mass is 10.2. The van der Waals surface area contributed by atoms with Gasteiger partial charge in [-0.25, -0.2) is 0 Å². The summed E-state index contributed by atoms with van der Waals surface area (Å²) in [6.07, 6.45) is 0.179. The van der Waals surface area contributed by atoms with E-state index in [1.807, 2.05) is 0 Å². The first-order chi connectivity index (χ1) is 8.58. The Kier molecular flexibility index (Phi) is 5.06. The molecule has 98 valence electrons. The van der Waals surface area contributed by atoms with Crippen molar-refractivity contribution in [2.45, 2.75) is 13.0 Å². The number of hydrogen-bond acceptors (Lipinski definition) is 5. The number of nitro groups is 1. The SMILES string of the molecule is CNC(=O)CCOc1ccc([N+](=O)[O-])cc1CO. The van der Waals surface area contributed by atoms with Crippen LogP contribution in [0.2, 0.25) is 0 Å². The van der Waals surface area contributed by atoms with Crippen LogP contribution in [0.15, 0.2) is 18.2 Å². The maximum Gasteiger partial charge on any atom is 0.270 e. The lowest BCUT2D eigenvalue weighted by Gasteiger charge is -2.09. The van der Waals surface area contributed by atoms with Crippen molar-refractivity contribution in [3.63, 3.8) is 0 Å². The number of hydrogen-bond donors (Lipinski definition) is 2. The van der Waals surface area contributed by atoms with Crippen molar-refractivity contribution in [3.05, 3.63) is 33.9 Å². The van der Waals surface area contributed by atoms with Crippen LogP contribution in [0.3, 0.4) is 0 Å². The second-order valence-corrected chi connectivity index (χ2v) is 3.48. The van der Waals surface area contributed by atoms with E-state index in [9.17, 15) is 14.9 Å². The molecular formula is C11H14N2O5. The van der Waals surface area contributed by atoms with Crippen LogP contribution in [0.1, 0.15) is 12.0 Å². The van der Waals surface area contributed by atoms with E-state index in [0.29, 0.717) is 11.3 Å². The number of rotatable bonds is 6. The van der Waals surface area contributed by atoms with Crippen LogP contribution >= 0.6 is 0 Å². The lowest BCUT2D eigenvalue weighted by molar-refractivity contribution is -0.385. The number of nitrogens with zero attached hydrogens (tertiary/aromatic N) is 1. The molecule has 0 heterocycles. The molecule has 0 radical (unpaired) electrons. The minimum Gasteiger partial charge on any atom is -0.493 e. The number of aliphatic hydroxyl groups is 1. The molecule has 1 amide bonds. The molecule has 0 unspecified atom stereocenters. The van der Waals surface area contributed by atoms with Crippen LogP contribution < -0.4 is 10.1 Å². The van der Waals surface area contributed by atoms with Crippen LogP contribution in [0.4, 0.5) is 5.69 Å². The zero-order chi connectivity index (χ0) is 13.5. The van der Waals surface area contributed by atoms with Crippen molar-refractivity contribution in [1.29, 1.82) is 0 Å². The number of amides is 1. The Morgan fingerprint density at radius 1 is 1.56 bits per heavy atom. The molecule has 0 aliphatic heterocycles. The summed E-state index contributed by atoms with van der Waals surface area (Å²) in [5.41, 5.74) is 0.207. The normalized spacial score (nSPS) is 9.89. The minimum atomic E-state index is -0.548. The van der Waals surface area contributed by atoms with Crippen LogP contribution in [0, 0.1) is 10.1 Å². The average Bonchev–Trinajstić information content (AvgIpc) is 2.38. The summed E-state index contributed by atoms with van der Waals surface area (Å²) >= 11 is 0. The molecule has 18 heavy (non-hydrogen) atoms. The predicted molar refractivity (Wildman–Crippen MR) is 63.2 cm³/mol. The number of carbonyl (C=O) groups excluding carboxylic acids is 1. The van der Waals surface area contributed by atoms with Gasteiger partial charge in [0, 0.05) is 24.7 Å². The van der Waals surface area contributed by atoms with Crippen molar-refractivity contribution in [3.8, 4) is 5.75 Å². The number of benzene rings is 1. The first-order valence-electron chi connectivity index (χ1n) is 5.30. The van der Waals surface area contributed by atoms with E-state index in [4.69, 9.17) is 9.84 Å². The van der Waals surface area contributed by atoms with Crippen molar-refractivity contribution in [2.24, 2.45) is 0 Å². The van der Waals surface area contributed by atoms with E-state index in [0.717, 1.165) is 0 Å². The highest BCUT2D eigenvalue weighted by atomic mass is 16.6. The molecule has 0 fully saturated rings. The van der Waals surface area contributed by atoms with Gasteiger partial charge in [-0.05, 0) is 6.07 Å². The Morgan fingerprint density at radius 3 is 2.83 bits per heavy atom. The molecule has 0 saturated heterocycles. The first kappa shape index (κ1) is 13.9. The molecule has 0 aromatic heterocycles. The van der Waals surface area contributed by atoms with Gasteiger partial charge in [0.15, 0.2) is 0 Å². The number of nitro benzene ring substituents is 1. The molecule has 0 atom stereocenters. The molecule has 1 aromatic carbocycles. The van der Waals surface area contributed by atoms with Gasteiger partial charge in [-0.1, -0.05) is 0 Å². The van der Waals surface area contributed by atoms with Crippen molar-refractivity contribution >= 4 is 11.6 Å². The van der Waals surface area contributed by atoms with E-state index in [1.54, 1.807) is 0 Å². The van der Waals surface area contributed by atoms with Crippen molar-refractivity contribution in [2.75, 3.05) is 13.7 Å². The molecular weight excluding hydrogens is 240 g/mol. The predicted octanol–water partition coefficient (Wildman–Crippen LogP) is 0.602. The van der Waals surface area contributed by atoms with Gasteiger partial charge in [0.2, 0.25) is 5.91 Å². The van der Waals surface area contributed by atoms with Gasteiger partial charge in [0.05, 0.1) is 24.6 Å². The number of carbonyl (C=O) groups is 1. The molecule has 1 rings (SSSR count). The summed E-state index contributed by atoms with van der Waals surface area (Å²) in [4.78, 5) is 21.0. The maximum absolute atomic E-state index is 11.0. The zero-order valence-electron chi connectivity index (χ0n) is 9.88. The molecule has 2 N–H and O–H groups in total. The standard InChI is InChI=1S/C11H14N2O5/c1-12-11(15)4-5-18-10-3-2-9(13(16)17)6-8(10)7-14/h2-3,6,14H,4-5,7H2,1H3,(H,12,15). The van der Waals surface area contributed by atoms with Crippen LogP contribution in [0.25, 0.3) is 0 Å². The van der Waals surface area contributed by atoms with Crippen molar-refractivity contribution in [1.82, 2.24) is 5.32 Å². The van der Waals surface area contributed by atoms with Crippen molar-refractivity contribution < 1.29 is 19.6 Å². The van der Waals surface area contributed by atoms with Gasteiger partial charge < -0.3 is 15.2 Å². The van der Waals surface area contributed by atoms with E-state index in [-0.39, 0.29) is 31.2 Å². The summed E-state index contributed by atoms with van der Waals surface area (Å²) in [5, 5.41) is 22.1. The second-order valence-electron chi connectivity index (χ2n) is 3.48. The molecule has 0 aliphatic carbocycles. The topological polar surface area (TPSA) is 102 Å². The summed E-state index contributed by atoms with van der Waals surface area (Å²) in [6, 6.07) is 3.94. The summed E-state index contributed by atoms with van der Waals surface area (Å²) in [5.74, 6) is 0.175. The minimum absolute atomic E-state index is 0.113. The fourth-order valence-corrected chi connectivity index (χ4v) is 1.32. The Morgan fingerprint density at radius 2 is 2.28 bits per heavy atom. The van der Waals surface area contributed by atoms with Gasteiger partial charge in [0.25, 0.3) is 5.69 Å². The monoisotopic (exact) mass is 254 g/mol. The third-order valence-corrected chi connectivity index (χ3v) is 2.29. The quantitative estimate of drug-likeness (QED) is 0.571. The van der Waals surface area contributed by atoms with Gasteiger partial charge >= 0.3 is 0 Å². The second kappa shape index (κ2) is 6.55. The first-order valence-corrected chi connectivity index (χ1v) is 5.30. The summed E-state index contributed by atoms with van der Waals surface area (Å²) in [7, 11) is 1.52. The molecule has 0 aliphatic rings. The highest BCUT2D eigenvalue weighted by Gasteiger charge is 2.11. The van der Waals surface area contributed by atoms with Gasteiger partial charge in [-0.2, -0.15) is 0 Å². The fourth-order valence-electron chi connectivity index (χ4n) is 1.32. The van der Waals surface area contributed by atoms with Gasteiger partial charge in [0.1, 0.15) is 5.75 Å². The Hall–Kier alpha value is -2.15. The number of aliphatic hydroxyl groups excluding tert-OH is 1. The molecule has 7 nitrogen and oxygen atoms in total. The largest absolute Gasteiger partial charge is 0.493 e. The highest BCUT2D eigenvalue weighted by Crippen LogP contribution is 2.24. The van der Waals surface area contributed by atoms with E-state index >= 15 is 0 Å². The Bertz CT molecular complexity index is 447. The molecule has 1 aromatic rings. The third-order valence-electron chi connectivity index (χ3n) is 2.29.